The van der Waals surface area contributed by atoms with Crippen LogP contribution in [0.4, 0.5) is 17.1 Å². The van der Waals surface area contributed by atoms with Crippen molar-refractivity contribution in [2.24, 2.45) is 0 Å². The quantitative estimate of drug-likeness (QED) is 0.740. The molecule has 0 bridgehead atoms. The number of halogens is 1. The fourth-order valence-electron chi connectivity index (χ4n) is 3.03. The molecule has 0 atom stereocenters. The molecule has 0 unspecified atom stereocenters. The number of hydrogen-bond acceptors (Lipinski definition) is 5. The van der Waals surface area contributed by atoms with Crippen molar-refractivity contribution >= 4 is 44.6 Å². The fourth-order valence-corrected chi connectivity index (χ4v) is 4.71. The second-order valence-electron chi connectivity index (χ2n) is 6.39. The van der Waals surface area contributed by atoms with E-state index in [0.717, 1.165) is 24.3 Å². The summed E-state index contributed by atoms with van der Waals surface area (Å²) in [5, 5.41) is 2.59. The Hall–Kier alpha value is -2.45. The number of nitrogens with one attached hydrogen (secondary N) is 2. The van der Waals surface area contributed by atoms with E-state index in [2.05, 4.69) is 28.8 Å². The van der Waals surface area contributed by atoms with Crippen LogP contribution < -0.4 is 19.7 Å². The maximum atomic E-state index is 12.9. The molecule has 0 aromatic heterocycles. The van der Waals surface area contributed by atoms with E-state index >= 15 is 0 Å². The molecule has 0 radical (unpaired) electrons. The van der Waals surface area contributed by atoms with Crippen molar-refractivity contribution < 1.29 is 17.9 Å². The van der Waals surface area contributed by atoms with Gasteiger partial charge in [0.1, 0.15) is 10.6 Å². The first-order valence-corrected chi connectivity index (χ1v) is 10.8. The van der Waals surface area contributed by atoms with Gasteiger partial charge in [-0.2, -0.15) is 0 Å². The van der Waals surface area contributed by atoms with E-state index in [1.54, 1.807) is 6.07 Å². The van der Waals surface area contributed by atoms with Gasteiger partial charge in [0, 0.05) is 24.8 Å². The average molecular weight is 424 g/mol. The van der Waals surface area contributed by atoms with E-state index in [1.165, 1.54) is 12.1 Å². The third-order valence-corrected chi connectivity index (χ3v) is 6.37. The van der Waals surface area contributed by atoms with E-state index < -0.39 is 10.0 Å². The van der Waals surface area contributed by atoms with Crippen LogP contribution in [0.1, 0.15) is 19.4 Å². The Bertz CT molecular complexity index is 1020. The zero-order valence-corrected chi connectivity index (χ0v) is 17.4. The highest BCUT2D eigenvalue weighted by molar-refractivity contribution is 7.92. The summed E-state index contributed by atoms with van der Waals surface area (Å²) in [7, 11) is -3.95. The van der Waals surface area contributed by atoms with Crippen molar-refractivity contribution in [3.63, 3.8) is 0 Å². The van der Waals surface area contributed by atoms with Crippen LogP contribution in [0.15, 0.2) is 35.2 Å². The molecule has 2 N–H and O–H groups in total. The monoisotopic (exact) mass is 423 g/mol. The Kier molecular flexibility index (Phi) is 5.71. The van der Waals surface area contributed by atoms with Crippen molar-refractivity contribution in [3.8, 4) is 5.75 Å². The average Bonchev–Trinajstić information content (AvgIpc) is 2.64. The van der Waals surface area contributed by atoms with Gasteiger partial charge in [0.15, 0.2) is 6.61 Å². The van der Waals surface area contributed by atoms with Gasteiger partial charge in [-0.3, -0.25) is 9.52 Å². The van der Waals surface area contributed by atoms with Crippen LogP contribution in [-0.4, -0.2) is 34.0 Å². The van der Waals surface area contributed by atoms with Crippen molar-refractivity contribution in [1.29, 1.82) is 0 Å². The van der Waals surface area contributed by atoms with Crippen molar-refractivity contribution in [2.45, 2.75) is 25.7 Å². The molecule has 7 nitrogen and oxygen atoms in total. The van der Waals surface area contributed by atoms with Crippen LogP contribution in [-0.2, 0) is 14.8 Å². The fraction of sp³-hybridized carbons (Fsp3) is 0.316. The molecule has 28 heavy (non-hydrogen) atoms. The van der Waals surface area contributed by atoms with Gasteiger partial charge in [-0.15, -0.1) is 0 Å². The Morgan fingerprint density at radius 3 is 2.57 bits per heavy atom. The number of rotatable bonds is 6. The maximum absolute atomic E-state index is 12.9. The van der Waals surface area contributed by atoms with E-state index in [9.17, 15) is 13.2 Å². The summed E-state index contributed by atoms with van der Waals surface area (Å²) >= 11 is 6.17. The predicted octanol–water partition coefficient (Wildman–Crippen LogP) is 3.63. The van der Waals surface area contributed by atoms with Crippen LogP contribution in [0.2, 0.25) is 5.02 Å². The van der Waals surface area contributed by atoms with Gasteiger partial charge in [-0.1, -0.05) is 11.6 Å². The second-order valence-corrected chi connectivity index (χ2v) is 8.45. The van der Waals surface area contributed by atoms with Crippen molar-refractivity contribution in [1.82, 2.24) is 0 Å². The minimum Gasteiger partial charge on any atom is -0.482 e. The lowest BCUT2D eigenvalue weighted by Gasteiger charge is -2.22. The lowest BCUT2D eigenvalue weighted by Crippen LogP contribution is -2.26. The molecule has 150 valence electrons. The Morgan fingerprint density at radius 1 is 1.21 bits per heavy atom. The predicted molar refractivity (Wildman–Crippen MR) is 111 cm³/mol. The summed E-state index contributed by atoms with van der Waals surface area (Å²) in [6, 6.07) is 8.25. The topological polar surface area (TPSA) is 87.7 Å². The summed E-state index contributed by atoms with van der Waals surface area (Å²) in [5.74, 6) is -0.0563. The van der Waals surface area contributed by atoms with Crippen LogP contribution >= 0.6 is 11.6 Å². The lowest BCUT2D eigenvalue weighted by atomic mass is 10.1. The van der Waals surface area contributed by atoms with Crippen LogP contribution in [0, 0.1) is 6.92 Å². The van der Waals surface area contributed by atoms with E-state index in [0.29, 0.717) is 11.4 Å². The Labute approximate surface area is 169 Å². The van der Waals surface area contributed by atoms with Crippen LogP contribution in [0.25, 0.3) is 0 Å². The number of carbonyl (C=O) groups is 1. The number of hydrogen-bond donors (Lipinski definition) is 2. The molecule has 0 spiro atoms. The van der Waals surface area contributed by atoms with Gasteiger partial charge in [-0.05, 0) is 50.6 Å². The van der Waals surface area contributed by atoms with Gasteiger partial charge in [-0.25, -0.2) is 8.42 Å². The summed E-state index contributed by atoms with van der Waals surface area (Å²) in [4.78, 5) is 13.5. The summed E-state index contributed by atoms with van der Waals surface area (Å²) in [6.07, 6.45) is 0. The number of sulfonamides is 1. The molecular formula is C19H22ClN3O4S. The standard InChI is InChI=1S/C19H22ClN3O4S/c1-4-23(5-2)13-6-7-15(12(3)8-13)22-28(25,26)18-10-17-16(9-14(18)20)21-19(24)11-27-17/h6-10,22H,4-5,11H2,1-3H3,(H,21,24). The third kappa shape index (κ3) is 4.02. The molecule has 1 aliphatic rings. The first kappa shape index (κ1) is 20.3. The lowest BCUT2D eigenvalue weighted by molar-refractivity contribution is -0.118. The summed E-state index contributed by atoms with van der Waals surface area (Å²) < 4.78 is 33.7. The van der Waals surface area contributed by atoms with Gasteiger partial charge >= 0.3 is 0 Å². The molecule has 3 rings (SSSR count). The van der Waals surface area contributed by atoms with Crippen LogP contribution in [0.5, 0.6) is 5.75 Å². The highest BCUT2D eigenvalue weighted by Gasteiger charge is 2.25. The van der Waals surface area contributed by atoms with Crippen molar-refractivity contribution in [2.75, 3.05) is 34.6 Å². The Morgan fingerprint density at radius 2 is 1.93 bits per heavy atom. The molecule has 1 amide bonds. The number of ether oxygens (including phenoxy) is 1. The maximum Gasteiger partial charge on any atom is 0.263 e. The number of nitrogens with zero attached hydrogens (tertiary/aromatic N) is 1. The molecule has 0 fully saturated rings. The minimum absolute atomic E-state index is 0.00513. The highest BCUT2D eigenvalue weighted by Crippen LogP contribution is 2.36. The van der Waals surface area contributed by atoms with E-state index in [1.807, 2.05) is 19.1 Å². The first-order chi connectivity index (χ1) is 13.2. The molecule has 0 saturated carbocycles. The minimum atomic E-state index is -3.95. The largest absolute Gasteiger partial charge is 0.482 e. The number of amides is 1. The molecule has 0 saturated heterocycles. The van der Waals surface area contributed by atoms with Gasteiger partial charge < -0.3 is 15.0 Å². The normalized spacial score (nSPS) is 13.4. The van der Waals surface area contributed by atoms with E-state index in [-0.39, 0.29) is 28.2 Å². The zero-order chi connectivity index (χ0) is 20.5. The number of aryl methyl sites for hydroxylation is 1. The van der Waals surface area contributed by atoms with Crippen molar-refractivity contribution in [3.05, 3.63) is 40.9 Å². The molecular weight excluding hydrogens is 402 g/mol. The molecule has 1 heterocycles. The second kappa shape index (κ2) is 7.89. The SMILES string of the molecule is CCN(CC)c1ccc(NS(=O)(=O)c2cc3c(cc2Cl)NC(=O)CO3)c(C)c1. The molecule has 2 aromatic carbocycles. The van der Waals surface area contributed by atoms with Gasteiger partial charge in [0.2, 0.25) is 0 Å². The smallest absolute Gasteiger partial charge is 0.263 e. The zero-order valence-electron chi connectivity index (χ0n) is 15.9. The first-order valence-electron chi connectivity index (χ1n) is 8.89. The van der Waals surface area contributed by atoms with Gasteiger partial charge in [0.25, 0.3) is 15.9 Å². The number of carbonyl (C=O) groups excluding carboxylic acids is 1. The van der Waals surface area contributed by atoms with E-state index in [4.69, 9.17) is 16.3 Å². The number of fused-ring (bicyclic) bond motifs is 1. The summed E-state index contributed by atoms with van der Waals surface area (Å²) in [6.45, 7) is 7.53. The number of benzene rings is 2. The molecule has 0 aliphatic carbocycles. The van der Waals surface area contributed by atoms with Crippen LogP contribution in [0.3, 0.4) is 0 Å². The third-order valence-electron chi connectivity index (χ3n) is 4.54. The Balaban J connectivity index is 1.91. The highest BCUT2D eigenvalue weighted by atomic mass is 35.5. The molecule has 2 aromatic rings. The number of anilines is 3. The van der Waals surface area contributed by atoms with Gasteiger partial charge in [0.05, 0.1) is 16.4 Å². The summed E-state index contributed by atoms with van der Waals surface area (Å²) in [5.41, 5.74) is 2.64. The molecule has 9 heteroatoms. The molecule has 1 aliphatic heterocycles.